The average molecular weight is 242 g/mol. The summed E-state index contributed by atoms with van der Waals surface area (Å²) in [7, 11) is 0. The number of hydrogen-bond donors (Lipinski definition) is 1. The van der Waals surface area contributed by atoms with Gasteiger partial charge in [-0.2, -0.15) is 0 Å². The van der Waals surface area contributed by atoms with Crippen LogP contribution in [-0.2, 0) is 18.4 Å². The molecule has 1 atom stereocenters. The van der Waals surface area contributed by atoms with Crippen LogP contribution in [-0.4, -0.2) is 5.11 Å². The topological polar surface area (TPSA) is 20.2 Å². The zero-order chi connectivity index (χ0) is 13.0. The van der Waals surface area contributed by atoms with Gasteiger partial charge in [0, 0.05) is 6.42 Å². The molecule has 0 saturated carbocycles. The summed E-state index contributed by atoms with van der Waals surface area (Å²) in [5.74, 6) is 2.63. The normalized spacial score (nSPS) is 17.6. The van der Waals surface area contributed by atoms with Gasteiger partial charge in [-0.3, -0.25) is 0 Å². The molecule has 1 heteroatoms. The molecule has 0 amide bonds. The minimum atomic E-state index is -0.747. The van der Waals surface area contributed by atoms with E-state index in [-0.39, 0.29) is 0 Å². The van der Waals surface area contributed by atoms with Gasteiger partial charge in [0.05, 0.1) is 5.60 Å². The van der Waals surface area contributed by atoms with E-state index in [9.17, 15) is 5.11 Å². The monoisotopic (exact) mass is 242 g/mol. The molecule has 1 aromatic rings. The molecule has 18 heavy (non-hydrogen) atoms. The van der Waals surface area contributed by atoms with Crippen molar-refractivity contribution in [2.24, 2.45) is 0 Å². The van der Waals surface area contributed by atoms with Crippen molar-refractivity contribution in [1.82, 2.24) is 0 Å². The molecular weight excluding hydrogens is 220 g/mol. The molecule has 0 fully saturated rings. The number of fused-ring (bicyclic) bond motifs is 1. The lowest BCUT2D eigenvalue weighted by atomic mass is 9.84. The molecule has 2 rings (SSSR count). The highest BCUT2D eigenvalue weighted by Gasteiger charge is 2.23. The Bertz CT molecular complexity index is 451. The van der Waals surface area contributed by atoms with Crippen molar-refractivity contribution in [1.29, 1.82) is 0 Å². The largest absolute Gasteiger partial charge is 0.385 e. The lowest BCUT2D eigenvalue weighted by Gasteiger charge is -2.26. The van der Waals surface area contributed by atoms with Crippen molar-refractivity contribution in [2.75, 3.05) is 0 Å². The molecule has 0 saturated heterocycles. The van der Waals surface area contributed by atoms with E-state index < -0.39 is 5.60 Å². The summed E-state index contributed by atoms with van der Waals surface area (Å²) < 4.78 is 0. The predicted molar refractivity (Wildman–Crippen MR) is 75.3 cm³/mol. The van der Waals surface area contributed by atoms with Crippen molar-refractivity contribution < 1.29 is 5.11 Å². The molecule has 0 radical (unpaired) electrons. The van der Waals surface area contributed by atoms with Crippen LogP contribution in [0.3, 0.4) is 0 Å². The fourth-order valence-corrected chi connectivity index (χ4v) is 2.75. The van der Waals surface area contributed by atoms with Crippen LogP contribution in [0.1, 0.15) is 55.7 Å². The number of rotatable bonds is 4. The quantitative estimate of drug-likeness (QED) is 0.632. The van der Waals surface area contributed by atoms with Gasteiger partial charge in [0.25, 0.3) is 0 Å². The van der Waals surface area contributed by atoms with Crippen LogP contribution in [0.25, 0.3) is 0 Å². The van der Waals surface area contributed by atoms with Gasteiger partial charge in [-0.1, -0.05) is 18.2 Å². The Morgan fingerprint density at radius 1 is 1.28 bits per heavy atom. The molecule has 1 unspecified atom stereocenters. The van der Waals surface area contributed by atoms with Crippen LogP contribution in [0.2, 0.25) is 0 Å². The first-order valence-electron chi connectivity index (χ1n) is 6.91. The number of unbranched alkanes of at least 4 members (excludes halogenated alkanes) is 1. The average Bonchev–Trinajstić information content (AvgIpc) is 2.38. The third kappa shape index (κ3) is 2.94. The summed E-state index contributed by atoms with van der Waals surface area (Å²) in [5, 5.41) is 10.5. The minimum Gasteiger partial charge on any atom is -0.385 e. The van der Waals surface area contributed by atoms with Crippen molar-refractivity contribution in [3.63, 3.8) is 0 Å². The van der Waals surface area contributed by atoms with Crippen LogP contribution < -0.4 is 0 Å². The number of aliphatic hydroxyl groups is 1. The molecule has 0 spiro atoms. The lowest BCUT2D eigenvalue weighted by Crippen LogP contribution is -2.21. The highest BCUT2D eigenvalue weighted by atomic mass is 16.3. The SMILES string of the molecule is C#CCCCC(C)(O)c1ccc2c(c1)CCCC2. The van der Waals surface area contributed by atoms with Gasteiger partial charge in [-0.05, 0) is 62.1 Å². The van der Waals surface area contributed by atoms with Crippen molar-refractivity contribution >= 4 is 0 Å². The second-order valence-corrected chi connectivity index (χ2v) is 5.52. The fourth-order valence-electron chi connectivity index (χ4n) is 2.75. The zero-order valence-electron chi connectivity index (χ0n) is 11.2. The van der Waals surface area contributed by atoms with Gasteiger partial charge in [-0.25, -0.2) is 0 Å². The molecule has 0 heterocycles. The van der Waals surface area contributed by atoms with Crippen LogP contribution in [0.4, 0.5) is 0 Å². The maximum atomic E-state index is 10.5. The van der Waals surface area contributed by atoms with Gasteiger partial charge in [0.1, 0.15) is 0 Å². The molecule has 0 bridgehead atoms. The van der Waals surface area contributed by atoms with Gasteiger partial charge in [0.15, 0.2) is 0 Å². The highest BCUT2D eigenvalue weighted by molar-refractivity contribution is 5.36. The van der Waals surface area contributed by atoms with Crippen LogP contribution in [0.5, 0.6) is 0 Å². The van der Waals surface area contributed by atoms with E-state index in [4.69, 9.17) is 6.42 Å². The smallest absolute Gasteiger partial charge is 0.0869 e. The summed E-state index contributed by atoms with van der Waals surface area (Å²) in [4.78, 5) is 0. The van der Waals surface area contributed by atoms with Crippen LogP contribution >= 0.6 is 0 Å². The van der Waals surface area contributed by atoms with Crippen LogP contribution in [0.15, 0.2) is 18.2 Å². The minimum absolute atomic E-state index is 0.732. The van der Waals surface area contributed by atoms with Crippen molar-refractivity contribution in [2.45, 2.75) is 57.5 Å². The molecule has 0 aromatic heterocycles. The Balaban J connectivity index is 2.14. The zero-order valence-corrected chi connectivity index (χ0v) is 11.2. The van der Waals surface area contributed by atoms with Gasteiger partial charge < -0.3 is 5.11 Å². The molecule has 1 nitrogen and oxygen atoms in total. The number of aryl methyl sites for hydroxylation is 2. The van der Waals surface area contributed by atoms with Crippen molar-refractivity contribution in [3.8, 4) is 12.3 Å². The molecule has 0 aliphatic heterocycles. The first-order chi connectivity index (χ1) is 8.63. The molecular formula is C17H22O. The van der Waals surface area contributed by atoms with E-state index in [2.05, 4.69) is 24.1 Å². The van der Waals surface area contributed by atoms with Gasteiger partial charge in [0.2, 0.25) is 0 Å². The maximum Gasteiger partial charge on any atom is 0.0869 e. The first-order valence-corrected chi connectivity index (χ1v) is 6.91. The van der Waals surface area contributed by atoms with Gasteiger partial charge >= 0.3 is 0 Å². The molecule has 1 aliphatic rings. The Labute approximate surface area is 110 Å². The van der Waals surface area contributed by atoms with Gasteiger partial charge in [-0.15, -0.1) is 12.3 Å². The Morgan fingerprint density at radius 3 is 2.72 bits per heavy atom. The number of benzene rings is 1. The van der Waals surface area contributed by atoms with Crippen molar-refractivity contribution in [3.05, 3.63) is 34.9 Å². The summed E-state index contributed by atoms with van der Waals surface area (Å²) in [6.45, 7) is 1.90. The third-order valence-electron chi connectivity index (χ3n) is 3.96. The standard InChI is InChI=1S/C17H22O/c1-3-4-7-12-17(2,18)16-11-10-14-8-5-6-9-15(14)13-16/h1,10-11,13,18H,4-9,12H2,2H3. The summed E-state index contributed by atoms with van der Waals surface area (Å²) in [6, 6.07) is 6.48. The number of terminal acetylenes is 1. The molecule has 1 aromatic carbocycles. The maximum absolute atomic E-state index is 10.5. The third-order valence-corrected chi connectivity index (χ3v) is 3.96. The first kappa shape index (κ1) is 13.2. The predicted octanol–water partition coefficient (Wildman–Crippen LogP) is 3.58. The van der Waals surface area contributed by atoms with Crippen LogP contribution in [0, 0.1) is 12.3 Å². The van der Waals surface area contributed by atoms with E-state index in [1.54, 1.807) is 0 Å². The fraction of sp³-hybridized carbons (Fsp3) is 0.529. The summed E-state index contributed by atoms with van der Waals surface area (Å²) >= 11 is 0. The lowest BCUT2D eigenvalue weighted by molar-refractivity contribution is 0.0459. The van der Waals surface area contributed by atoms with E-state index in [1.807, 2.05) is 6.92 Å². The molecule has 1 N–H and O–H groups in total. The van der Waals surface area contributed by atoms with E-state index >= 15 is 0 Å². The second-order valence-electron chi connectivity index (χ2n) is 5.52. The summed E-state index contributed by atoms with van der Waals surface area (Å²) in [5.41, 5.74) is 3.18. The Kier molecular flexibility index (Phi) is 4.09. The molecule has 1 aliphatic carbocycles. The second kappa shape index (κ2) is 5.59. The highest BCUT2D eigenvalue weighted by Crippen LogP contribution is 2.30. The summed E-state index contributed by atoms with van der Waals surface area (Å²) in [6.07, 6.45) is 12.5. The Hall–Kier alpha value is -1.26. The Morgan fingerprint density at radius 2 is 2.00 bits per heavy atom. The van der Waals surface area contributed by atoms with E-state index in [1.165, 1.54) is 30.4 Å². The van der Waals surface area contributed by atoms with E-state index in [0.717, 1.165) is 31.2 Å². The van der Waals surface area contributed by atoms with E-state index in [0.29, 0.717) is 0 Å². The molecule has 96 valence electrons. The number of hydrogen-bond acceptors (Lipinski definition) is 1.